The van der Waals surface area contributed by atoms with Crippen LogP contribution < -0.4 is 5.32 Å². The standard InChI is InChI=1S/C20H33NO3Si/c1-20(2,3)25(4,5)24-18-13-9-12-17(14-18)21-19(22)23-15-16-10-7-6-8-11-16/h6-8,10-11,17-18H,9,12-15H2,1-5H3,(H,21,22)/t17-,18+/m0/s1. The van der Waals surface area contributed by atoms with Gasteiger partial charge in [0.25, 0.3) is 0 Å². The molecule has 25 heavy (non-hydrogen) atoms. The molecule has 2 atom stereocenters. The van der Waals surface area contributed by atoms with E-state index in [1.54, 1.807) is 0 Å². The molecule has 1 N–H and O–H groups in total. The van der Waals surface area contributed by atoms with Gasteiger partial charge in [0.05, 0.1) is 0 Å². The highest BCUT2D eigenvalue weighted by atomic mass is 28.4. The Morgan fingerprint density at radius 2 is 1.88 bits per heavy atom. The highest BCUT2D eigenvalue weighted by Gasteiger charge is 2.40. The van der Waals surface area contributed by atoms with Crippen molar-refractivity contribution in [1.29, 1.82) is 0 Å². The average Bonchev–Trinajstić information content (AvgIpc) is 2.53. The summed E-state index contributed by atoms with van der Waals surface area (Å²) in [6.07, 6.45) is 3.97. The maximum Gasteiger partial charge on any atom is 0.407 e. The minimum Gasteiger partial charge on any atom is -0.445 e. The zero-order chi connectivity index (χ0) is 18.5. The highest BCUT2D eigenvalue weighted by molar-refractivity contribution is 6.74. The molecule has 0 radical (unpaired) electrons. The SMILES string of the molecule is CC(C)(C)[Si](C)(C)O[C@@H]1CCC[C@H](NC(=O)OCc2ccccc2)C1. The Hall–Kier alpha value is -1.33. The summed E-state index contributed by atoms with van der Waals surface area (Å²) in [5, 5.41) is 3.23. The number of carbonyl (C=O) groups is 1. The lowest BCUT2D eigenvalue weighted by Gasteiger charge is -2.41. The van der Waals surface area contributed by atoms with Crippen LogP contribution in [0.5, 0.6) is 0 Å². The number of hydrogen-bond acceptors (Lipinski definition) is 3. The summed E-state index contributed by atoms with van der Waals surface area (Å²) in [5.74, 6) is 0. The smallest absolute Gasteiger partial charge is 0.407 e. The second-order valence-corrected chi connectivity index (χ2v) is 13.3. The first-order valence-corrected chi connectivity index (χ1v) is 12.2. The van der Waals surface area contributed by atoms with Crippen molar-refractivity contribution in [3.63, 3.8) is 0 Å². The molecule has 0 unspecified atom stereocenters. The van der Waals surface area contributed by atoms with Crippen molar-refractivity contribution in [2.45, 2.75) is 83.3 Å². The molecule has 1 fully saturated rings. The molecule has 5 heteroatoms. The predicted molar refractivity (Wildman–Crippen MR) is 104 cm³/mol. The molecule has 140 valence electrons. The van der Waals surface area contributed by atoms with Crippen LogP contribution in [0.2, 0.25) is 18.1 Å². The number of rotatable bonds is 5. The van der Waals surface area contributed by atoms with Crippen LogP contribution in [-0.2, 0) is 15.8 Å². The van der Waals surface area contributed by atoms with Gasteiger partial charge in [-0.2, -0.15) is 0 Å². The molecule has 1 saturated carbocycles. The number of ether oxygens (including phenoxy) is 1. The summed E-state index contributed by atoms with van der Waals surface area (Å²) >= 11 is 0. The third-order valence-corrected chi connectivity index (χ3v) is 9.96. The lowest BCUT2D eigenvalue weighted by Crippen LogP contribution is -2.47. The molecule has 0 aromatic heterocycles. The largest absolute Gasteiger partial charge is 0.445 e. The Bertz CT molecular complexity index is 554. The first kappa shape index (κ1) is 20.0. The van der Waals surface area contributed by atoms with Crippen molar-refractivity contribution in [3.8, 4) is 0 Å². The minimum absolute atomic E-state index is 0.145. The van der Waals surface area contributed by atoms with E-state index in [-0.39, 0.29) is 23.3 Å². The topological polar surface area (TPSA) is 47.6 Å². The van der Waals surface area contributed by atoms with Gasteiger partial charge in [0.15, 0.2) is 8.32 Å². The highest BCUT2D eigenvalue weighted by Crippen LogP contribution is 2.39. The second kappa shape index (κ2) is 8.36. The number of nitrogens with one attached hydrogen (secondary N) is 1. The Morgan fingerprint density at radius 3 is 2.52 bits per heavy atom. The van der Waals surface area contributed by atoms with Crippen LogP contribution in [0, 0.1) is 0 Å². The van der Waals surface area contributed by atoms with E-state index in [0.717, 1.165) is 31.2 Å². The van der Waals surface area contributed by atoms with Gasteiger partial charge in [0.1, 0.15) is 6.61 Å². The van der Waals surface area contributed by atoms with Crippen LogP contribution in [0.15, 0.2) is 30.3 Å². The van der Waals surface area contributed by atoms with Gasteiger partial charge < -0.3 is 14.5 Å². The summed E-state index contributed by atoms with van der Waals surface area (Å²) < 4.78 is 11.9. The lowest BCUT2D eigenvalue weighted by molar-refractivity contribution is 0.105. The molecule has 4 nitrogen and oxygen atoms in total. The average molecular weight is 364 g/mol. The van der Waals surface area contributed by atoms with Gasteiger partial charge in [-0.15, -0.1) is 0 Å². The van der Waals surface area contributed by atoms with Gasteiger partial charge in [-0.25, -0.2) is 4.79 Å². The Balaban J connectivity index is 1.79. The summed E-state index contributed by atoms with van der Waals surface area (Å²) in [6, 6.07) is 9.90. The van der Waals surface area contributed by atoms with Crippen LogP contribution in [-0.4, -0.2) is 26.6 Å². The van der Waals surface area contributed by atoms with Crippen molar-refractivity contribution >= 4 is 14.4 Å². The van der Waals surface area contributed by atoms with Crippen molar-refractivity contribution < 1.29 is 14.0 Å². The summed E-state index contributed by atoms with van der Waals surface area (Å²) in [5.41, 5.74) is 1.00. The van der Waals surface area contributed by atoms with Crippen LogP contribution in [0.25, 0.3) is 0 Å². The third-order valence-electron chi connectivity index (χ3n) is 5.43. The van der Waals surface area contributed by atoms with Gasteiger partial charge in [0.2, 0.25) is 0 Å². The third kappa shape index (κ3) is 6.15. The zero-order valence-corrected chi connectivity index (χ0v) is 17.3. The van der Waals surface area contributed by atoms with Gasteiger partial charge in [-0.3, -0.25) is 0 Å². The van der Waals surface area contributed by atoms with Crippen LogP contribution >= 0.6 is 0 Å². The van der Waals surface area contributed by atoms with E-state index >= 15 is 0 Å². The Morgan fingerprint density at radius 1 is 1.20 bits per heavy atom. The van der Waals surface area contributed by atoms with E-state index < -0.39 is 8.32 Å². The summed E-state index contributed by atoms with van der Waals surface area (Å²) in [4.78, 5) is 12.1. The molecule has 0 saturated heterocycles. The lowest BCUT2D eigenvalue weighted by atomic mass is 9.93. The molecule has 0 spiro atoms. The first-order chi connectivity index (χ1) is 11.7. The van der Waals surface area contributed by atoms with E-state index in [9.17, 15) is 4.79 Å². The zero-order valence-electron chi connectivity index (χ0n) is 16.3. The molecule has 2 rings (SSSR count). The number of amides is 1. The Kier molecular flexibility index (Phi) is 6.69. The van der Waals surface area contributed by atoms with Crippen molar-refractivity contribution in [2.75, 3.05) is 0 Å². The molecule has 1 amide bonds. The molecule has 1 aliphatic rings. The van der Waals surface area contributed by atoms with Gasteiger partial charge in [-0.1, -0.05) is 51.1 Å². The molecule has 0 heterocycles. The molecular weight excluding hydrogens is 330 g/mol. The quantitative estimate of drug-likeness (QED) is 0.727. The molecule has 1 aromatic carbocycles. The molecule has 1 aliphatic carbocycles. The van der Waals surface area contributed by atoms with E-state index in [1.165, 1.54) is 0 Å². The number of carbonyl (C=O) groups excluding carboxylic acids is 1. The van der Waals surface area contributed by atoms with E-state index in [2.05, 4.69) is 39.2 Å². The van der Waals surface area contributed by atoms with Gasteiger partial charge in [0, 0.05) is 12.1 Å². The maximum atomic E-state index is 12.1. The number of hydrogen-bond donors (Lipinski definition) is 1. The normalized spacial score (nSPS) is 21.6. The van der Waals surface area contributed by atoms with Crippen molar-refractivity contribution in [3.05, 3.63) is 35.9 Å². The van der Waals surface area contributed by atoms with Crippen LogP contribution in [0.3, 0.4) is 0 Å². The van der Waals surface area contributed by atoms with Crippen molar-refractivity contribution in [1.82, 2.24) is 5.32 Å². The van der Waals surface area contributed by atoms with Crippen molar-refractivity contribution in [2.24, 2.45) is 0 Å². The minimum atomic E-state index is -1.77. The summed E-state index contributed by atoms with van der Waals surface area (Å²) in [7, 11) is -1.77. The molecule has 0 bridgehead atoms. The monoisotopic (exact) mass is 363 g/mol. The maximum absolute atomic E-state index is 12.1. The summed E-state index contributed by atoms with van der Waals surface area (Å²) in [6.45, 7) is 11.7. The second-order valence-electron chi connectivity index (χ2n) is 8.57. The first-order valence-electron chi connectivity index (χ1n) is 9.32. The molecule has 0 aliphatic heterocycles. The fourth-order valence-electron chi connectivity index (χ4n) is 2.91. The molecular formula is C20H33NO3Si. The van der Waals surface area contributed by atoms with Crippen LogP contribution in [0.1, 0.15) is 52.0 Å². The Labute approximate surface area is 153 Å². The number of alkyl carbamates (subject to hydrolysis) is 1. The van der Waals surface area contributed by atoms with E-state index in [0.29, 0.717) is 6.61 Å². The van der Waals surface area contributed by atoms with E-state index in [4.69, 9.17) is 9.16 Å². The van der Waals surface area contributed by atoms with Gasteiger partial charge >= 0.3 is 6.09 Å². The fraction of sp³-hybridized carbons (Fsp3) is 0.650. The van der Waals surface area contributed by atoms with E-state index in [1.807, 2.05) is 30.3 Å². The fourth-order valence-corrected chi connectivity index (χ4v) is 4.31. The van der Waals surface area contributed by atoms with Crippen LogP contribution in [0.4, 0.5) is 4.79 Å². The predicted octanol–water partition coefficient (Wildman–Crippen LogP) is 5.25. The molecule has 1 aromatic rings. The van der Waals surface area contributed by atoms with Gasteiger partial charge in [-0.05, 0) is 49.4 Å². The number of benzene rings is 1.